The Morgan fingerprint density at radius 2 is 1.92 bits per heavy atom. The third kappa shape index (κ3) is 4.71. The normalized spacial score (nSPS) is 12.3. The Morgan fingerprint density at radius 1 is 1.08 bits per heavy atom. The van der Waals surface area contributed by atoms with Crippen molar-refractivity contribution < 1.29 is 4.39 Å². The maximum atomic E-state index is 13.9. The van der Waals surface area contributed by atoms with Crippen molar-refractivity contribution in [1.29, 1.82) is 0 Å². The van der Waals surface area contributed by atoms with Gasteiger partial charge in [-0.1, -0.05) is 38.3 Å². The maximum absolute atomic E-state index is 13.9. The van der Waals surface area contributed by atoms with Crippen LogP contribution in [0.3, 0.4) is 0 Å². The quantitative estimate of drug-likeness (QED) is 0.199. The first-order valence-electron chi connectivity index (χ1n) is 12.0. The molecule has 0 aliphatic rings. The Hall–Kier alpha value is -4.78. The largest absolute Gasteiger partial charge is 0.359 e. The number of hydrogen-bond donors (Lipinski definition) is 3. The van der Waals surface area contributed by atoms with Gasteiger partial charge in [0.1, 0.15) is 11.5 Å². The average Bonchev–Trinajstić information content (AvgIpc) is 3.54. The number of aromatic nitrogens is 5. The predicted octanol–water partition coefficient (Wildman–Crippen LogP) is 7.29. The molecule has 0 fully saturated rings. The summed E-state index contributed by atoms with van der Waals surface area (Å²) in [6.45, 7) is 12.0. The van der Waals surface area contributed by atoms with Crippen molar-refractivity contribution in [1.82, 2.24) is 30.5 Å². The number of rotatable bonds is 8. The summed E-state index contributed by atoms with van der Waals surface area (Å²) in [6, 6.07) is 12.4. The van der Waals surface area contributed by atoms with E-state index in [-0.39, 0.29) is 5.82 Å². The molecule has 0 atom stereocenters. The summed E-state index contributed by atoms with van der Waals surface area (Å²) < 4.78 is 13.9. The number of nitrogens with zero attached hydrogens (tertiary/aromatic N) is 3. The van der Waals surface area contributed by atoms with Crippen LogP contribution in [0.4, 0.5) is 4.39 Å². The molecule has 0 saturated heterocycles. The number of hydrogen-bond acceptors (Lipinski definition) is 4. The van der Waals surface area contributed by atoms with E-state index in [1.807, 2.05) is 50.3 Å². The number of nitrogens with one attached hydrogen (secondary N) is 3. The minimum Gasteiger partial charge on any atom is -0.359 e. The molecule has 3 N–H and O–H groups in total. The molecule has 0 spiro atoms. The zero-order valence-electron chi connectivity index (χ0n) is 20.8. The molecular weight excluding hydrogens is 463 g/mol. The molecule has 7 heteroatoms. The van der Waals surface area contributed by atoms with Crippen molar-refractivity contribution in [2.24, 2.45) is 0 Å². The van der Waals surface area contributed by atoms with E-state index in [4.69, 9.17) is 0 Å². The van der Waals surface area contributed by atoms with Crippen LogP contribution in [0.1, 0.15) is 26.0 Å². The van der Waals surface area contributed by atoms with Crippen LogP contribution >= 0.6 is 0 Å². The molecule has 1 aromatic carbocycles. The Labute approximate surface area is 214 Å². The van der Waals surface area contributed by atoms with Crippen LogP contribution in [-0.4, -0.2) is 25.1 Å². The molecule has 0 aliphatic carbocycles. The van der Waals surface area contributed by atoms with Gasteiger partial charge in [0, 0.05) is 39.4 Å². The number of halogens is 1. The first kappa shape index (κ1) is 23.9. The Morgan fingerprint density at radius 3 is 2.68 bits per heavy atom. The Bertz CT molecular complexity index is 1700. The molecular formula is C30H27FN6. The lowest BCUT2D eigenvalue weighted by Crippen LogP contribution is -2.09. The SMILES string of the molecule is C=C/C(=C\C(=C/C)c1cc2c(-c3cc4c(-c5cccc(F)c5)nccc4[nH]3)n[nH]c2cn1)NC(=C)CC. The molecule has 0 aliphatic heterocycles. The van der Waals surface area contributed by atoms with Gasteiger partial charge in [-0.2, -0.15) is 5.10 Å². The summed E-state index contributed by atoms with van der Waals surface area (Å²) in [5.74, 6) is -0.298. The van der Waals surface area contributed by atoms with E-state index >= 15 is 0 Å². The highest BCUT2D eigenvalue weighted by molar-refractivity contribution is 6.00. The van der Waals surface area contributed by atoms with Crippen LogP contribution in [0.2, 0.25) is 0 Å². The summed E-state index contributed by atoms with van der Waals surface area (Å²) in [6.07, 6.45) is 10.1. The van der Waals surface area contributed by atoms with E-state index in [0.29, 0.717) is 5.69 Å². The van der Waals surface area contributed by atoms with Gasteiger partial charge in [0.25, 0.3) is 0 Å². The van der Waals surface area contributed by atoms with E-state index in [0.717, 1.165) is 67.8 Å². The summed E-state index contributed by atoms with van der Waals surface area (Å²) >= 11 is 0. The zero-order valence-corrected chi connectivity index (χ0v) is 20.8. The molecule has 5 rings (SSSR count). The minimum atomic E-state index is -0.298. The zero-order chi connectivity index (χ0) is 25.9. The van der Waals surface area contributed by atoms with Crippen LogP contribution in [0.25, 0.3) is 50.0 Å². The highest BCUT2D eigenvalue weighted by Gasteiger charge is 2.16. The van der Waals surface area contributed by atoms with Gasteiger partial charge in [0.15, 0.2) is 0 Å². The molecule has 0 amide bonds. The first-order chi connectivity index (χ1) is 18.0. The lowest BCUT2D eigenvalue weighted by atomic mass is 10.1. The summed E-state index contributed by atoms with van der Waals surface area (Å²) in [5.41, 5.74) is 8.24. The summed E-state index contributed by atoms with van der Waals surface area (Å²) in [7, 11) is 0. The van der Waals surface area contributed by atoms with Crippen LogP contribution < -0.4 is 5.32 Å². The number of benzene rings is 1. The lowest BCUT2D eigenvalue weighted by Gasteiger charge is -2.10. The Kier molecular flexibility index (Phi) is 6.51. The topological polar surface area (TPSA) is 82.3 Å². The van der Waals surface area contributed by atoms with Gasteiger partial charge in [-0.05, 0) is 61.4 Å². The molecule has 0 bridgehead atoms. The molecule has 4 heterocycles. The monoisotopic (exact) mass is 490 g/mol. The van der Waals surface area contributed by atoms with E-state index in [1.165, 1.54) is 12.1 Å². The fraction of sp³-hybridized carbons (Fsp3) is 0.100. The van der Waals surface area contributed by atoms with E-state index in [1.54, 1.807) is 24.5 Å². The fourth-order valence-electron chi connectivity index (χ4n) is 4.24. The lowest BCUT2D eigenvalue weighted by molar-refractivity contribution is 0.628. The molecule has 0 unspecified atom stereocenters. The second-order valence-corrected chi connectivity index (χ2v) is 8.63. The molecule has 6 nitrogen and oxygen atoms in total. The van der Waals surface area contributed by atoms with E-state index in [2.05, 4.69) is 43.6 Å². The molecule has 184 valence electrons. The average molecular weight is 491 g/mol. The third-order valence-corrected chi connectivity index (χ3v) is 6.23. The molecule has 0 radical (unpaired) electrons. The predicted molar refractivity (Wildman–Crippen MR) is 149 cm³/mol. The maximum Gasteiger partial charge on any atom is 0.123 e. The number of H-pyrrole nitrogens is 2. The van der Waals surface area contributed by atoms with Gasteiger partial charge >= 0.3 is 0 Å². The van der Waals surface area contributed by atoms with Crippen molar-refractivity contribution in [3.63, 3.8) is 0 Å². The van der Waals surface area contributed by atoms with Crippen LogP contribution in [0, 0.1) is 5.82 Å². The smallest absolute Gasteiger partial charge is 0.123 e. The third-order valence-electron chi connectivity index (χ3n) is 6.23. The van der Waals surface area contributed by atoms with Gasteiger partial charge in [-0.25, -0.2) is 4.39 Å². The first-order valence-corrected chi connectivity index (χ1v) is 12.0. The summed E-state index contributed by atoms with van der Waals surface area (Å²) in [5, 5.41) is 12.8. The second-order valence-electron chi connectivity index (χ2n) is 8.63. The van der Waals surface area contributed by atoms with Crippen LogP contribution in [-0.2, 0) is 0 Å². The fourth-order valence-corrected chi connectivity index (χ4v) is 4.24. The number of fused-ring (bicyclic) bond motifs is 2. The summed E-state index contributed by atoms with van der Waals surface area (Å²) in [4.78, 5) is 12.6. The second kappa shape index (κ2) is 10.1. The van der Waals surface area contributed by atoms with Gasteiger partial charge in [0.05, 0.1) is 28.8 Å². The molecule has 4 aromatic heterocycles. The highest BCUT2D eigenvalue weighted by atomic mass is 19.1. The van der Waals surface area contributed by atoms with Gasteiger partial charge in [-0.3, -0.25) is 15.1 Å². The van der Waals surface area contributed by atoms with Crippen molar-refractivity contribution in [3.8, 4) is 22.6 Å². The van der Waals surface area contributed by atoms with Crippen molar-refractivity contribution in [3.05, 3.63) is 109 Å². The van der Waals surface area contributed by atoms with Gasteiger partial charge in [0.2, 0.25) is 0 Å². The van der Waals surface area contributed by atoms with Crippen LogP contribution in [0.15, 0.2) is 97.6 Å². The highest BCUT2D eigenvalue weighted by Crippen LogP contribution is 2.33. The molecule has 5 aromatic rings. The standard InChI is InChI=1S/C30H27FN6/c1-5-18(4)34-22(7-3)14-19(6-2)26-15-24-28(17-33-26)36-37-30(24)27-16-23-25(35-27)11-12-32-29(23)20-9-8-10-21(31)13-20/h6-17,34-35H,3-5H2,1-2H3,(H,36,37)/b19-6+,22-14+. The minimum absolute atomic E-state index is 0.298. The van der Waals surface area contributed by atoms with Gasteiger partial charge < -0.3 is 10.3 Å². The van der Waals surface area contributed by atoms with Crippen LogP contribution in [0.5, 0.6) is 0 Å². The number of aromatic amines is 2. The number of allylic oxidation sites excluding steroid dienone is 5. The number of pyridine rings is 2. The molecule has 37 heavy (non-hydrogen) atoms. The molecule has 0 saturated carbocycles. The van der Waals surface area contributed by atoms with Crippen molar-refractivity contribution in [2.75, 3.05) is 0 Å². The Balaban J connectivity index is 1.58. The van der Waals surface area contributed by atoms with E-state index in [9.17, 15) is 4.39 Å². The van der Waals surface area contributed by atoms with E-state index < -0.39 is 0 Å². The van der Waals surface area contributed by atoms with Gasteiger partial charge in [-0.15, -0.1) is 0 Å². The van der Waals surface area contributed by atoms with Crippen molar-refractivity contribution in [2.45, 2.75) is 20.3 Å². The van der Waals surface area contributed by atoms with Crippen molar-refractivity contribution >= 4 is 27.4 Å².